The largest absolute Gasteiger partial charge is 0.462 e. The van der Waals surface area contributed by atoms with E-state index in [9.17, 15) is 29.1 Å². The van der Waals surface area contributed by atoms with Gasteiger partial charge in [0.1, 0.15) is 31.0 Å². The number of esters is 3. The van der Waals surface area contributed by atoms with E-state index in [-0.39, 0.29) is 49.2 Å². The van der Waals surface area contributed by atoms with Crippen LogP contribution in [0.15, 0.2) is 42.0 Å². The summed E-state index contributed by atoms with van der Waals surface area (Å²) in [6.45, 7) is 4.73. The van der Waals surface area contributed by atoms with Crippen molar-refractivity contribution in [2.24, 2.45) is 17.3 Å². The van der Waals surface area contributed by atoms with Gasteiger partial charge in [-0.3, -0.25) is 9.59 Å². The number of fused-ring (bicyclic) bond motifs is 1. The monoisotopic (exact) mass is 696 g/mol. The molecule has 14 heteroatoms. The molecule has 1 aromatic carbocycles. The van der Waals surface area contributed by atoms with E-state index in [1.165, 1.54) is 31.2 Å². The summed E-state index contributed by atoms with van der Waals surface area (Å²) in [5.74, 6) is -3.60. The first kappa shape index (κ1) is 35.7. The van der Waals surface area contributed by atoms with Crippen molar-refractivity contribution in [1.29, 1.82) is 0 Å². The highest BCUT2D eigenvalue weighted by Gasteiger charge is 2.64. The molecular weight excluding hydrogens is 652 g/mol. The van der Waals surface area contributed by atoms with Gasteiger partial charge in [-0.05, 0) is 62.5 Å². The van der Waals surface area contributed by atoms with E-state index in [0.717, 1.165) is 25.7 Å². The van der Waals surface area contributed by atoms with Gasteiger partial charge >= 0.3 is 17.9 Å². The average molecular weight is 697 g/mol. The summed E-state index contributed by atoms with van der Waals surface area (Å²) < 4.78 is 29.5. The van der Waals surface area contributed by atoms with Crippen LogP contribution in [-0.4, -0.2) is 102 Å². The number of carbonyl (C=O) groups is 5. The molecule has 2 saturated carbocycles. The second-order valence-electron chi connectivity index (χ2n) is 14.3. The first-order valence-electron chi connectivity index (χ1n) is 17.1. The fourth-order valence-corrected chi connectivity index (χ4v) is 6.69. The molecule has 2 heterocycles. The van der Waals surface area contributed by atoms with Crippen molar-refractivity contribution in [3.8, 4) is 0 Å². The number of carbonyl (C=O) groups excluding carboxylic acids is 5. The summed E-state index contributed by atoms with van der Waals surface area (Å²) in [5.41, 5.74) is 0.401. The van der Waals surface area contributed by atoms with Crippen LogP contribution in [0.4, 0.5) is 0 Å². The first-order valence-corrected chi connectivity index (χ1v) is 17.1. The molecule has 6 rings (SSSR count). The van der Waals surface area contributed by atoms with E-state index in [0.29, 0.717) is 5.56 Å². The van der Waals surface area contributed by atoms with Crippen LogP contribution in [0.1, 0.15) is 68.8 Å². The van der Waals surface area contributed by atoms with E-state index in [4.69, 9.17) is 28.8 Å². The number of hydrogen-bond donors (Lipinski definition) is 4. The van der Waals surface area contributed by atoms with Gasteiger partial charge in [0.05, 0.1) is 18.3 Å². The van der Waals surface area contributed by atoms with E-state index < -0.39 is 77.5 Å². The fraction of sp³-hybridized carbons (Fsp3) is 0.583. The maximum atomic E-state index is 13.5. The standard InChI is InChI=1S/C36H44N2O12/c1-19(40)28(32(43)37-14-15-39)38-31(42)22-16-25(29-26(17-22)49-36(50-29,23-9-10-23)24-11-12-24)47-33(44)21-7-4-20(5-8-21)6-13-27(41)48-30-34(45)46-18-35(30,2)3/h4-8,13,17,19,23-26,28-30,39-40H,9-12,14-16,18H2,1-3H3,(H,37,43)(H,38,42)/t19-,25+,26+,28+,29-,30-/m0/s1. The van der Waals surface area contributed by atoms with Gasteiger partial charge in [0.15, 0.2) is 5.79 Å². The van der Waals surface area contributed by atoms with Crippen LogP contribution < -0.4 is 10.6 Å². The Morgan fingerprint density at radius 1 is 1.04 bits per heavy atom. The van der Waals surface area contributed by atoms with Gasteiger partial charge in [0.25, 0.3) is 0 Å². The highest BCUT2D eigenvalue weighted by Crippen LogP contribution is 2.59. The molecular formula is C36H44N2O12. The van der Waals surface area contributed by atoms with Crippen molar-refractivity contribution in [2.75, 3.05) is 19.8 Å². The molecule has 4 fully saturated rings. The molecule has 14 nitrogen and oxygen atoms in total. The van der Waals surface area contributed by atoms with Crippen LogP contribution in [0.2, 0.25) is 0 Å². The van der Waals surface area contributed by atoms with Crippen molar-refractivity contribution in [3.63, 3.8) is 0 Å². The second-order valence-corrected chi connectivity index (χ2v) is 14.3. The van der Waals surface area contributed by atoms with Crippen molar-refractivity contribution in [3.05, 3.63) is 53.1 Å². The Bertz CT molecular complexity index is 1550. The number of amides is 2. The van der Waals surface area contributed by atoms with Crippen molar-refractivity contribution >= 4 is 35.8 Å². The lowest BCUT2D eigenvalue weighted by Crippen LogP contribution is -2.54. The van der Waals surface area contributed by atoms with Gasteiger partial charge in [-0.15, -0.1) is 0 Å². The molecule has 0 radical (unpaired) electrons. The number of aliphatic hydroxyl groups is 2. The Kier molecular flexibility index (Phi) is 10.2. The molecule has 1 aromatic rings. The Labute approximate surface area is 289 Å². The third kappa shape index (κ3) is 7.63. The van der Waals surface area contributed by atoms with Gasteiger partial charge < -0.3 is 44.5 Å². The molecule has 2 saturated heterocycles. The fourth-order valence-electron chi connectivity index (χ4n) is 6.69. The number of aliphatic hydroxyl groups excluding tert-OH is 2. The third-order valence-electron chi connectivity index (χ3n) is 9.73. The summed E-state index contributed by atoms with van der Waals surface area (Å²) in [4.78, 5) is 63.9. The topological polar surface area (TPSA) is 196 Å². The quantitative estimate of drug-likeness (QED) is 0.131. The van der Waals surface area contributed by atoms with E-state index in [1.807, 2.05) is 0 Å². The summed E-state index contributed by atoms with van der Waals surface area (Å²) in [6.07, 6.45) is 3.69. The first-order chi connectivity index (χ1) is 23.8. The third-order valence-corrected chi connectivity index (χ3v) is 9.73. The predicted molar refractivity (Wildman–Crippen MR) is 174 cm³/mol. The maximum absolute atomic E-state index is 13.5. The lowest BCUT2D eigenvalue weighted by Gasteiger charge is -2.31. The Hall–Kier alpha value is -4.11. The van der Waals surface area contributed by atoms with E-state index >= 15 is 0 Å². The van der Waals surface area contributed by atoms with E-state index in [2.05, 4.69) is 10.6 Å². The SMILES string of the molecule is C[C@H](O)[C@@H](NC(=O)C1=C[C@H]2OC(C3CC3)(C3CC3)O[C@H]2[C@H](OC(=O)c2ccc(C=CC(=O)O[C@H]3C(=O)OCC3(C)C)cc2)C1)C(=O)NCCO. The normalized spacial score (nSPS) is 27.8. The lowest BCUT2D eigenvalue weighted by molar-refractivity contribution is -0.209. The molecule has 3 aliphatic carbocycles. The molecule has 0 aromatic heterocycles. The minimum absolute atomic E-state index is 0.0213. The summed E-state index contributed by atoms with van der Waals surface area (Å²) in [5, 5.41) is 24.3. The van der Waals surface area contributed by atoms with Crippen LogP contribution in [0, 0.1) is 17.3 Å². The van der Waals surface area contributed by atoms with E-state index in [1.54, 1.807) is 32.1 Å². The second kappa shape index (κ2) is 14.3. The lowest BCUT2D eigenvalue weighted by atomic mass is 9.90. The van der Waals surface area contributed by atoms with Crippen LogP contribution in [0.3, 0.4) is 0 Å². The molecule has 0 spiro atoms. The summed E-state index contributed by atoms with van der Waals surface area (Å²) >= 11 is 0. The van der Waals surface area contributed by atoms with Crippen LogP contribution in [0.5, 0.6) is 0 Å². The van der Waals surface area contributed by atoms with Gasteiger partial charge in [-0.2, -0.15) is 0 Å². The number of nitrogens with one attached hydrogen (secondary N) is 2. The van der Waals surface area contributed by atoms with Gasteiger partial charge in [0.2, 0.25) is 17.9 Å². The number of rotatable bonds is 13. The molecule has 270 valence electrons. The summed E-state index contributed by atoms with van der Waals surface area (Å²) in [6, 6.07) is 5.03. The van der Waals surface area contributed by atoms with Gasteiger partial charge in [0, 0.05) is 41.9 Å². The van der Waals surface area contributed by atoms with Gasteiger partial charge in [-0.25, -0.2) is 14.4 Å². The molecule has 6 atom stereocenters. The molecule has 0 bridgehead atoms. The highest BCUT2D eigenvalue weighted by atomic mass is 16.8. The zero-order chi connectivity index (χ0) is 35.8. The minimum atomic E-state index is -1.29. The Balaban J connectivity index is 1.14. The number of cyclic esters (lactones) is 1. The van der Waals surface area contributed by atoms with Crippen LogP contribution >= 0.6 is 0 Å². The molecule has 0 unspecified atom stereocenters. The number of ether oxygens (including phenoxy) is 5. The maximum Gasteiger partial charge on any atom is 0.348 e. The smallest absolute Gasteiger partial charge is 0.348 e. The number of hydrogen-bond acceptors (Lipinski definition) is 12. The zero-order valence-electron chi connectivity index (χ0n) is 28.3. The van der Waals surface area contributed by atoms with Crippen molar-refractivity contribution < 1.29 is 57.9 Å². The molecule has 2 amide bonds. The predicted octanol–water partition coefficient (Wildman–Crippen LogP) is 1.32. The minimum Gasteiger partial charge on any atom is -0.462 e. The molecule has 4 N–H and O–H groups in total. The van der Waals surface area contributed by atoms with Crippen LogP contribution in [0.25, 0.3) is 6.08 Å². The molecule has 50 heavy (non-hydrogen) atoms. The van der Waals surface area contributed by atoms with Crippen molar-refractivity contribution in [1.82, 2.24) is 10.6 Å². The molecule has 5 aliphatic rings. The number of benzene rings is 1. The van der Waals surface area contributed by atoms with Gasteiger partial charge in [-0.1, -0.05) is 26.0 Å². The Morgan fingerprint density at radius 3 is 2.30 bits per heavy atom. The molecule has 2 aliphatic heterocycles. The highest BCUT2D eigenvalue weighted by molar-refractivity contribution is 5.98. The van der Waals surface area contributed by atoms with Crippen molar-refractivity contribution in [2.45, 2.75) is 95.2 Å². The van der Waals surface area contributed by atoms with Crippen LogP contribution in [-0.2, 0) is 42.9 Å². The summed E-state index contributed by atoms with van der Waals surface area (Å²) in [7, 11) is 0. The Morgan fingerprint density at radius 2 is 1.72 bits per heavy atom. The zero-order valence-corrected chi connectivity index (χ0v) is 28.3. The average Bonchev–Trinajstić information content (AvgIpc) is 4.03.